The van der Waals surface area contributed by atoms with Gasteiger partial charge in [0, 0.05) is 12.5 Å². The van der Waals surface area contributed by atoms with Crippen molar-refractivity contribution in [2.24, 2.45) is 17.6 Å². The first-order valence-corrected chi connectivity index (χ1v) is 5.50. The Morgan fingerprint density at radius 3 is 2.47 bits per heavy atom. The molecule has 0 bridgehead atoms. The second-order valence-electron chi connectivity index (χ2n) is 4.26. The van der Waals surface area contributed by atoms with Gasteiger partial charge in [-0.05, 0) is 32.6 Å². The molecule has 2 atom stereocenters. The minimum Gasteiger partial charge on any atom is -0.379 e. The van der Waals surface area contributed by atoms with Crippen molar-refractivity contribution in [1.29, 1.82) is 0 Å². The number of nitrogens with two attached hydrogens (primary N) is 1. The van der Waals surface area contributed by atoms with Crippen molar-refractivity contribution in [2.45, 2.75) is 39.7 Å². The van der Waals surface area contributed by atoms with E-state index >= 15 is 0 Å². The number of primary amides is 1. The van der Waals surface area contributed by atoms with E-state index in [-0.39, 0.29) is 17.9 Å². The summed E-state index contributed by atoms with van der Waals surface area (Å²) in [6, 6.07) is 0. The van der Waals surface area contributed by atoms with Gasteiger partial charge in [-0.15, -0.1) is 6.58 Å². The number of carbonyl (C=O) groups excluding carboxylic acids is 1. The number of carbonyl (C=O) groups is 1. The molecule has 0 fully saturated rings. The Kier molecular flexibility index (Phi) is 7.05. The topological polar surface area (TPSA) is 52.3 Å². The van der Waals surface area contributed by atoms with Gasteiger partial charge in [0.25, 0.3) is 0 Å². The van der Waals surface area contributed by atoms with Crippen LogP contribution in [-0.2, 0) is 9.53 Å². The Labute approximate surface area is 92.7 Å². The third-order valence-corrected chi connectivity index (χ3v) is 2.38. The lowest BCUT2D eigenvalue weighted by atomic mass is 9.93. The number of rotatable bonds is 8. The molecule has 0 aliphatic rings. The Bertz CT molecular complexity index is 202. The van der Waals surface area contributed by atoms with E-state index in [1.165, 1.54) is 0 Å². The van der Waals surface area contributed by atoms with E-state index in [0.29, 0.717) is 18.9 Å². The SMILES string of the molecule is C=C[C@@H](C)C[C@H](CCOC(C)C)C(N)=O. The Morgan fingerprint density at radius 1 is 1.47 bits per heavy atom. The summed E-state index contributed by atoms with van der Waals surface area (Å²) in [5.74, 6) is -0.0191. The molecule has 3 heteroatoms. The third-order valence-electron chi connectivity index (χ3n) is 2.38. The number of hydrogen-bond donors (Lipinski definition) is 1. The zero-order chi connectivity index (χ0) is 11.8. The Morgan fingerprint density at radius 2 is 2.07 bits per heavy atom. The smallest absolute Gasteiger partial charge is 0.220 e. The average molecular weight is 213 g/mol. The fourth-order valence-corrected chi connectivity index (χ4v) is 1.37. The highest BCUT2D eigenvalue weighted by Crippen LogP contribution is 2.16. The molecule has 0 radical (unpaired) electrons. The summed E-state index contributed by atoms with van der Waals surface area (Å²) in [6.07, 6.45) is 3.51. The van der Waals surface area contributed by atoms with E-state index in [2.05, 4.69) is 6.58 Å². The molecule has 15 heavy (non-hydrogen) atoms. The fourth-order valence-electron chi connectivity index (χ4n) is 1.37. The molecule has 0 heterocycles. The van der Waals surface area contributed by atoms with Crippen LogP contribution in [0.4, 0.5) is 0 Å². The van der Waals surface area contributed by atoms with Gasteiger partial charge in [0.05, 0.1) is 6.10 Å². The zero-order valence-electron chi connectivity index (χ0n) is 10.0. The Balaban J connectivity index is 3.94. The van der Waals surface area contributed by atoms with E-state index in [9.17, 15) is 4.79 Å². The van der Waals surface area contributed by atoms with Gasteiger partial charge in [0.1, 0.15) is 0 Å². The van der Waals surface area contributed by atoms with Crippen molar-refractivity contribution in [3.63, 3.8) is 0 Å². The number of allylic oxidation sites excluding steroid dienone is 1. The molecule has 0 spiro atoms. The lowest BCUT2D eigenvalue weighted by Crippen LogP contribution is -2.26. The van der Waals surface area contributed by atoms with E-state index in [1.54, 1.807) is 0 Å². The van der Waals surface area contributed by atoms with Gasteiger partial charge in [-0.1, -0.05) is 13.0 Å². The van der Waals surface area contributed by atoms with Gasteiger partial charge < -0.3 is 10.5 Å². The summed E-state index contributed by atoms with van der Waals surface area (Å²) >= 11 is 0. The van der Waals surface area contributed by atoms with Crippen LogP contribution in [0.15, 0.2) is 12.7 Å². The first kappa shape index (κ1) is 14.2. The van der Waals surface area contributed by atoms with Gasteiger partial charge in [0.2, 0.25) is 5.91 Å². The van der Waals surface area contributed by atoms with Crippen LogP contribution in [0.25, 0.3) is 0 Å². The molecule has 0 saturated carbocycles. The summed E-state index contributed by atoms with van der Waals surface area (Å²) in [7, 11) is 0. The highest BCUT2D eigenvalue weighted by Gasteiger charge is 2.17. The molecule has 0 saturated heterocycles. The molecule has 0 aliphatic heterocycles. The lowest BCUT2D eigenvalue weighted by molar-refractivity contribution is -0.123. The maximum Gasteiger partial charge on any atom is 0.220 e. The number of amides is 1. The van der Waals surface area contributed by atoms with Crippen LogP contribution in [0.2, 0.25) is 0 Å². The van der Waals surface area contributed by atoms with Crippen LogP contribution in [0.5, 0.6) is 0 Å². The summed E-state index contributed by atoms with van der Waals surface area (Å²) in [4.78, 5) is 11.2. The molecule has 88 valence electrons. The van der Waals surface area contributed by atoms with E-state index in [1.807, 2.05) is 26.8 Å². The molecule has 0 aliphatic carbocycles. The first-order chi connectivity index (χ1) is 6.97. The summed E-state index contributed by atoms with van der Waals surface area (Å²) in [6.45, 7) is 10.3. The first-order valence-electron chi connectivity index (χ1n) is 5.50. The van der Waals surface area contributed by atoms with Crippen LogP contribution >= 0.6 is 0 Å². The second-order valence-corrected chi connectivity index (χ2v) is 4.26. The maximum atomic E-state index is 11.2. The molecule has 1 amide bonds. The highest BCUT2D eigenvalue weighted by atomic mass is 16.5. The molecule has 3 nitrogen and oxygen atoms in total. The molecule has 0 aromatic rings. The van der Waals surface area contributed by atoms with Crippen molar-refractivity contribution < 1.29 is 9.53 Å². The molecule has 0 unspecified atom stereocenters. The van der Waals surface area contributed by atoms with Crippen LogP contribution in [0.1, 0.15) is 33.6 Å². The van der Waals surface area contributed by atoms with Crippen LogP contribution in [0, 0.1) is 11.8 Å². The minimum absolute atomic E-state index is 0.100. The third kappa shape index (κ3) is 7.14. The Hall–Kier alpha value is -0.830. The van der Waals surface area contributed by atoms with Crippen LogP contribution in [-0.4, -0.2) is 18.6 Å². The van der Waals surface area contributed by atoms with Gasteiger partial charge in [0.15, 0.2) is 0 Å². The van der Waals surface area contributed by atoms with Crippen LogP contribution in [0.3, 0.4) is 0 Å². The predicted molar refractivity (Wildman–Crippen MR) is 62.4 cm³/mol. The summed E-state index contributed by atoms with van der Waals surface area (Å²) in [5, 5.41) is 0. The minimum atomic E-state index is -0.240. The second kappa shape index (κ2) is 7.46. The zero-order valence-corrected chi connectivity index (χ0v) is 10.0. The average Bonchev–Trinajstić information content (AvgIpc) is 2.15. The molecule has 0 aromatic heterocycles. The fraction of sp³-hybridized carbons (Fsp3) is 0.750. The lowest BCUT2D eigenvalue weighted by Gasteiger charge is -2.16. The highest BCUT2D eigenvalue weighted by molar-refractivity contribution is 5.76. The standard InChI is InChI=1S/C12H23NO2/c1-5-10(4)8-11(12(13)14)6-7-15-9(2)3/h5,9-11H,1,6-8H2,2-4H3,(H2,13,14)/t10-,11+/m1/s1. The monoisotopic (exact) mass is 213 g/mol. The number of ether oxygens (including phenoxy) is 1. The van der Waals surface area contributed by atoms with Crippen molar-refractivity contribution in [3.05, 3.63) is 12.7 Å². The quantitative estimate of drug-likeness (QED) is 0.628. The number of hydrogen-bond acceptors (Lipinski definition) is 2. The molecule has 0 rings (SSSR count). The molecule has 0 aromatic carbocycles. The van der Waals surface area contributed by atoms with Gasteiger partial charge in [-0.2, -0.15) is 0 Å². The van der Waals surface area contributed by atoms with Gasteiger partial charge in [-0.3, -0.25) is 4.79 Å². The van der Waals surface area contributed by atoms with E-state index in [4.69, 9.17) is 10.5 Å². The van der Waals surface area contributed by atoms with E-state index in [0.717, 1.165) is 6.42 Å². The normalized spacial score (nSPS) is 14.9. The summed E-state index contributed by atoms with van der Waals surface area (Å²) in [5.41, 5.74) is 5.33. The van der Waals surface area contributed by atoms with Crippen molar-refractivity contribution >= 4 is 5.91 Å². The molecular weight excluding hydrogens is 190 g/mol. The largest absolute Gasteiger partial charge is 0.379 e. The van der Waals surface area contributed by atoms with Gasteiger partial charge >= 0.3 is 0 Å². The maximum absolute atomic E-state index is 11.2. The van der Waals surface area contributed by atoms with Gasteiger partial charge in [-0.25, -0.2) is 0 Å². The van der Waals surface area contributed by atoms with Crippen molar-refractivity contribution in [3.8, 4) is 0 Å². The van der Waals surface area contributed by atoms with Crippen LogP contribution < -0.4 is 5.73 Å². The summed E-state index contributed by atoms with van der Waals surface area (Å²) < 4.78 is 5.40. The molecular formula is C12H23NO2. The van der Waals surface area contributed by atoms with Crippen molar-refractivity contribution in [2.75, 3.05) is 6.61 Å². The molecule has 2 N–H and O–H groups in total. The predicted octanol–water partition coefficient (Wildman–Crippen LogP) is 2.12. The van der Waals surface area contributed by atoms with E-state index < -0.39 is 0 Å². The van der Waals surface area contributed by atoms with Crippen molar-refractivity contribution in [1.82, 2.24) is 0 Å².